The number of carbonyl (C=O) groups excluding carboxylic acids is 4. The lowest BCUT2D eigenvalue weighted by atomic mass is 9.55. The largest absolute Gasteiger partial charge is 0.454 e. The van der Waals surface area contributed by atoms with Gasteiger partial charge in [0.1, 0.15) is 6.54 Å². The molecule has 1 saturated heterocycles. The number of anilines is 1. The van der Waals surface area contributed by atoms with E-state index in [1.165, 1.54) is 0 Å². The molecule has 4 aliphatic rings. The molecule has 1 fully saturated rings. The van der Waals surface area contributed by atoms with Gasteiger partial charge >= 0.3 is 5.97 Å². The molecule has 1 N–H and O–H groups in total. The molecule has 0 spiro atoms. The molecule has 2 bridgehead atoms. The van der Waals surface area contributed by atoms with Crippen LogP contribution in [0.25, 0.3) is 0 Å². The Bertz CT molecular complexity index is 1360. The molecule has 7 heteroatoms. The number of nitrogens with one attached hydrogen (secondary N) is 1. The molecule has 2 atom stereocenters. The molecule has 0 unspecified atom stereocenters. The van der Waals surface area contributed by atoms with Crippen molar-refractivity contribution in [3.05, 3.63) is 100 Å². The second-order valence-corrected chi connectivity index (χ2v) is 9.98. The minimum atomic E-state index is -0.793. The summed E-state index contributed by atoms with van der Waals surface area (Å²) >= 11 is 0. The van der Waals surface area contributed by atoms with E-state index >= 15 is 0 Å². The van der Waals surface area contributed by atoms with Crippen molar-refractivity contribution in [2.75, 3.05) is 18.5 Å². The van der Waals surface area contributed by atoms with Crippen LogP contribution in [-0.2, 0) is 23.9 Å². The Hall–Kier alpha value is -4.26. The zero-order valence-corrected chi connectivity index (χ0v) is 20.6. The van der Waals surface area contributed by atoms with Gasteiger partial charge < -0.3 is 10.1 Å². The molecule has 37 heavy (non-hydrogen) atoms. The highest BCUT2D eigenvalue weighted by atomic mass is 16.5. The number of nitrogens with zero attached hydrogens (tertiary/aromatic N) is 1. The summed E-state index contributed by atoms with van der Waals surface area (Å²) in [6, 6.07) is 21.5. The number of hydrogen-bond donors (Lipinski definition) is 1. The van der Waals surface area contributed by atoms with Crippen LogP contribution in [0.2, 0.25) is 0 Å². The van der Waals surface area contributed by atoms with Crippen LogP contribution in [0, 0.1) is 25.7 Å². The van der Waals surface area contributed by atoms with Crippen molar-refractivity contribution in [1.82, 2.24) is 4.90 Å². The van der Waals surface area contributed by atoms with Crippen LogP contribution in [0.15, 0.2) is 66.7 Å². The van der Waals surface area contributed by atoms with Crippen molar-refractivity contribution < 1.29 is 23.9 Å². The third kappa shape index (κ3) is 3.56. The molecule has 3 amide bonds. The summed E-state index contributed by atoms with van der Waals surface area (Å²) in [6.45, 7) is 2.82. The standard InChI is InChI=1S/C30H26N2O5/c1-16-8-7-13-22(17(16)2)31-23(33)15-37-24(34)14-32-29(35)27-25-18-9-3-4-10-19(18)26(28(27)30(32)36)21-12-6-5-11-20(21)25/h3-13,25-28H,14-15H2,1-2H3,(H,31,33)/t25?,26?,27-,28+. The molecule has 1 heterocycles. The van der Waals surface area contributed by atoms with Crippen molar-refractivity contribution >= 4 is 29.4 Å². The smallest absolute Gasteiger partial charge is 0.326 e. The van der Waals surface area contributed by atoms with Gasteiger partial charge in [-0.2, -0.15) is 0 Å². The van der Waals surface area contributed by atoms with Gasteiger partial charge in [-0.15, -0.1) is 0 Å². The maximum Gasteiger partial charge on any atom is 0.326 e. The Morgan fingerprint density at radius 3 is 1.81 bits per heavy atom. The Morgan fingerprint density at radius 1 is 0.784 bits per heavy atom. The van der Waals surface area contributed by atoms with Gasteiger partial charge in [0.15, 0.2) is 6.61 Å². The first-order chi connectivity index (χ1) is 17.9. The van der Waals surface area contributed by atoms with Crippen molar-refractivity contribution in [3.63, 3.8) is 0 Å². The highest BCUT2D eigenvalue weighted by molar-refractivity contribution is 6.09. The van der Waals surface area contributed by atoms with Crippen molar-refractivity contribution in [2.45, 2.75) is 25.7 Å². The zero-order chi connectivity index (χ0) is 25.8. The number of aryl methyl sites for hydroxylation is 1. The number of esters is 1. The molecule has 0 saturated carbocycles. The predicted octanol–water partition coefficient (Wildman–Crippen LogP) is 3.68. The van der Waals surface area contributed by atoms with Gasteiger partial charge in [0.2, 0.25) is 11.8 Å². The van der Waals surface area contributed by atoms with Crippen LogP contribution in [0.3, 0.4) is 0 Å². The molecule has 7 nitrogen and oxygen atoms in total. The molecule has 0 aromatic heterocycles. The number of imide groups is 1. The second-order valence-electron chi connectivity index (χ2n) is 9.98. The van der Waals surface area contributed by atoms with E-state index < -0.39 is 36.9 Å². The SMILES string of the molecule is Cc1cccc(NC(=O)COC(=O)CN2C(=O)[C@@H]3C4c5ccccc5C(c5ccccc54)[C@@H]3C2=O)c1C. The van der Waals surface area contributed by atoms with Gasteiger partial charge in [-0.3, -0.25) is 24.1 Å². The quantitative estimate of drug-likeness (QED) is 0.432. The Morgan fingerprint density at radius 2 is 1.30 bits per heavy atom. The van der Waals surface area contributed by atoms with Crippen LogP contribution in [-0.4, -0.2) is 41.7 Å². The summed E-state index contributed by atoms with van der Waals surface area (Å²) in [5, 5.41) is 2.73. The molecular formula is C30H26N2O5. The second kappa shape index (κ2) is 8.69. The molecular weight excluding hydrogens is 468 g/mol. The van der Waals surface area contributed by atoms with Crippen LogP contribution in [0.5, 0.6) is 0 Å². The molecule has 3 aromatic carbocycles. The van der Waals surface area contributed by atoms with E-state index in [-0.39, 0.29) is 23.7 Å². The van der Waals surface area contributed by atoms with Crippen LogP contribution < -0.4 is 5.32 Å². The zero-order valence-electron chi connectivity index (χ0n) is 20.6. The first-order valence-electron chi connectivity index (χ1n) is 12.4. The Balaban J connectivity index is 1.18. The van der Waals surface area contributed by atoms with Gasteiger partial charge in [-0.1, -0.05) is 60.7 Å². The molecule has 1 aliphatic heterocycles. The summed E-state index contributed by atoms with van der Waals surface area (Å²) < 4.78 is 5.15. The lowest BCUT2D eigenvalue weighted by molar-refractivity contribution is -0.154. The summed E-state index contributed by atoms with van der Waals surface area (Å²) in [6.07, 6.45) is 0. The van der Waals surface area contributed by atoms with Crippen molar-refractivity contribution in [3.8, 4) is 0 Å². The maximum atomic E-state index is 13.6. The third-order valence-corrected chi connectivity index (χ3v) is 8.07. The summed E-state index contributed by atoms with van der Waals surface area (Å²) in [4.78, 5) is 53.2. The molecule has 186 valence electrons. The van der Waals surface area contributed by atoms with Gasteiger partial charge in [0, 0.05) is 17.5 Å². The van der Waals surface area contributed by atoms with E-state index in [0.29, 0.717) is 5.69 Å². The Labute approximate surface area is 214 Å². The fourth-order valence-corrected chi connectivity index (χ4v) is 6.29. The fourth-order valence-electron chi connectivity index (χ4n) is 6.29. The molecule has 3 aliphatic carbocycles. The van der Waals surface area contributed by atoms with E-state index in [1.807, 2.05) is 74.5 Å². The number of hydrogen-bond acceptors (Lipinski definition) is 5. The number of benzene rings is 3. The van der Waals surface area contributed by atoms with E-state index in [0.717, 1.165) is 38.3 Å². The minimum absolute atomic E-state index is 0.233. The minimum Gasteiger partial charge on any atom is -0.454 e. The average molecular weight is 495 g/mol. The third-order valence-electron chi connectivity index (χ3n) is 8.07. The van der Waals surface area contributed by atoms with Crippen molar-refractivity contribution in [1.29, 1.82) is 0 Å². The van der Waals surface area contributed by atoms with Crippen LogP contribution in [0.4, 0.5) is 5.69 Å². The highest BCUT2D eigenvalue weighted by Crippen LogP contribution is 2.60. The van der Waals surface area contributed by atoms with Crippen molar-refractivity contribution in [2.24, 2.45) is 11.8 Å². The molecule has 7 rings (SSSR count). The van der Waals surface area contributed by atoms with E-state index in [1.54, 1.807) is 6.07 Å². The van der Waals surface area contributed by atoms with Gasteiger partial charge in [0.05, 0.1) is 11.8 Å². The first kappa shape index (κ1) is 23.2. The number of amides is 3. The first-order valence-corrected chi connectivity index (χ1v) is 12.4. The number of likely N-dealkylation sites (tertiary alicyclic amines) is 1. The Kier molecular flexibility index (Phi) is 5.44. The summed E-state index contributed by atoms with van der Waals surface area (Å²) in [5.74, 6) is -3.56. The lowest BCUT2D eigenvalue weighted by Gasteiger charge is -2.45. The van der Waals surface area contributed by atoms with Gasteiger partial charge in [-0.05, 0) is 53.3 Å². The normalized spacial score (nSPS) is 22.8. The van der Waals surface area contributed by atoms with E-state index in [2.05, 4.69) is 5.32 Å². The van der Waals surface area contributed by atoms with Crippen LogP contribution >= 0.6 is 0 Å². The van der Waals surface area contributed by atoms with Crippen LogP contribution in [0.1, 0.15) is 45.2 Å². The highest BCUT2D eigenvalue weighted by Gasteiger charge is 2.61. The number of ether oxygens (including phenoxy) is 1. The van der Waals surface area contributed by atoms with E-state index in [9.17, 15) is 19.2 Å². The van der Waals surface area contributed by atoms with Gasteiger partial charge in [-0.25, -0.2) is 0 Å². The number of carbonyl (C=O) groups is 4. The fraction of sp³-hybridized carbons (Fsp3) is 0.267. The summed E-state index contributed by atoms with van der Waals surface area (Å²) in [7, 11) is 0. The van der Waals surface area contributed by atoms with E-state index in [4.69, 9.17) is 4.74 Å². The van der Waals surface area contributed by atoms with Gasteiger partial charge in [0.25, 0.3) is 5.91 Å². The lowest BCUT2D eigenvalue weighted by Crippen LogP contribution is -2.41. The number of rotatable bonds is 5. The molecule has 0 radical (unpaired) electrons. The maximum absolute atomic E-state index is 13.6. The monoisotopic (exact) mass is 494 g/mol. The predicted molar refractivity (Wildman–Crippen MR) is 136 cm³/mol. The molecule has 3 aromatic rings. The summed E-state index contributed by atoms with van der Waals surface area (Å²) in [5.41, 5.74) is 6.88. The topological polar surface area (TPSA) is 92.8 Å². The average Bonchev–Trinajstić information content (AvgIpc) is 3.15.